The molecule has 0 saturated carbocycles. The zero-order valence-electron chi connectivity index (χ0n) is 14.7. The Hall–Kier alpha value is -2.64. The summed E-state index contributed by atoms with van der Waals surface area (Å²) in [5.74, 6) is -0.130. The van der Waals surface area contributed by atoms with Gasteiger partial charge in [0.05, 0.1) is 11.6 Å². The van der Waals surface area contributed by atoms with Crippen LogP contribution in [0.25, 0.3) is 0 Å². The molecule has 0 unspecified atom stereocenters. The molecule has 5 nitrogen and oxygen atoms in total. The fourth-order valence-electron chi connectivity index (χ4n) is 2.54. The topological polar surface area (TPSA) is 74.8 Å². The fourth-order valence-corrected chi connectivity index (χ4v) is 2.54. The quantitative estimate of drug-likeness (QED) is 0.850. The van der Waals surface area contributed by atoms with Crippen LogP contribution in [0.1, 0.15) is 59.8 Å². The first-order valence-electron chi connectivity index (χ1n) is 8.27. The molecule has 0 saturated heterocycles. The summed E-state index contributed by atoms with van der Waals surface area (Å²) in [6, 6.07) is 4.03. The number of halogens is 3. The van der Waals surface area contributed by atoms with Crippen molar-refractivity contribution in [3.05, 3.63) is 62.8 Å². The standard InChI is InChI=1S/C18H20F3N3O2/c1-4-13-15(23-14(5-2)24-16(13)25)17(26)22-10(3)11-6-8-12(9-7-11)18(19,20)21/h6-10H,4-5H2,1-3H3,(H,22,26)(H,23,24,25)/t10-/m1/s1. The molecule has 0 aliphatic rings. The number of nitrogens with zero attached hydrogens (tertiary/aromatic N) is 1. The van der Waals surface area contributed by atoms with Crippen molar-refractivity contribution < 1.29 is 18.0 Å². The van der Waals surface area contributed by atoms with Crippen molar-refractivity contribution in [3.8, 4) is 0 Å². The number of amides is 1. The van der Waals surface area contributed by atoms with Crippen LogP contribution in [-0.4, -0.2) is 15.9 Å². The number of carbonyl (C=O) groups excluding carboxylic acids is 1. The molecular formula is C18H20F3N3O2. The van der Waals surface area contributed by atoms with Crippen LogP contribution in [0.2, 0.25) is 0 Å². The van der Waals surface area contributed by atoms with E-state index in [1.165, 1.54) is 12.1 Å². The number of aromatic amines is 1. The summed E-state index contributed by atoms with van der Waals surface area (Å²) >= 11 is 0. The van der Waals surface area contributed by atoms with Crippen LogP contribution in [0.3, 0.4) is 0 Å². The Morgan fingerprint density at radius 3 is 2.31 bits per heavy atom. The molecule has 2 aromatic rings. The van der Waals surface area contributed by atoms with Gasteiger partial charge in [-0.3, -0.25) is 9.59 Å². The Balaban J connectivity index is 2.24. The average molecular weight is 367 g/mol. The third-order valence-electron chi connectivity index (χ3n) is 4.05. The normalized spacial score (nSPS) is 12.7. The first-order valence-corrected chi connectivity index (χ1v) is 8.27. The third kappa shape index (κ3) is 4.30. The zero-order valence-corrected chi connectivity index (χ0v) is 14.7. The Bertz CT molecular complexity index is 842. The number of H-pyrrole nitrogens is 1. The maximum Gasteiger partial charge on any atom is 0.416 e. The highest BCUT2D eigenvalue weighted by atomic mass is 19.4. The highest BCUT2D eigenvalue weighted by Crippen LogP contribution is 2.29. The van der Waals surface area contributed by atoms with E-state index in [9.17, 15) is 22.8 Å². The first-order chi connectivity index (χ1) is 12.2. The summed E-state index contributed by atoms with van der Waals surface area (Å²) in [4.78, 5) is 31.4. The average Bonchev–Trinajstić information content (AvgIpc) is 2.60. The number of aromatic nitrogens is 2. The lowest BCUT2D eigenvalue weighted by atomic mass is 10.1. The second kappa shape index (κ2) is 7.72. The Morgan fingerprint density at radius 1 is 1.19 bits per heavy atom. The van der Waals surface area contributed by atoms with E-state index in [0.717, 1.165) is 12.1 Å². The van der Waals surface area contributed by atoms with Gasteiger partial charge in [0.2, 0.25) is 0 Å². The minimum absolute atomic E-state index is 0.0480. The van der Waals surface area contributed by atoms with Gasteiger partial charge in [-0.15, -0.1) is 0 Å². The first kappa shape index (κ1) is 19.7. The molecule has 1 amide bonds. The van der Waals surface area contributed by atoms with Crippen molar-refractivity contribution in [3.63, 3.8) is 0 Å². The van der Waals surface area contributed by atoms with Crippen LogP contribution in [0.15, 0.2) is 29.1 Å². The summed E-state index contributed by atoms with van der Waals surface area (Å²) in [7, 11) is 0. The van der Waals surface area contributed by atoms with Crippen LogP contribution in [0, 0.1) is 0 Å². The molecule has 1 atom stereocenters. The van der Waals surface area contributed by atoms with Gasteiger partial charge in [0.15, 0.2) is 0 Å². The molecule has 8 heteroatoms. The van der Waals surface area contributed by atoms with Gasteiger partial charge < -0.3 is 10.3 Å². The van der Waals surface area contributed by atoms with E-state index in [1.807, 2.05) is 0 Å². The Morgan fingerprint density at radius 2 is 1.81 bits per heavy atom. The lowest BCUT2D eigenvalue weighted by Crippen LogP contribution is -2.32. The molecule has 0 radical (unpaired) electrons. The molecule has 1 aromatic heterocycles. The number of aryl methyl sites for hydroxylation is 1. The van der Waals surface area contributed by atoms with Crippen molar-refractivity contribution in [2.45, 2.75) is 45.8 Å². The van der Waals surface area contributed by atoms with E-state index in [2.05, 4.69) is 15.3 Å². The van der Waals surface area contributed by atoms with Gasteiger partial charge in [-0.2, -0.15) is 13.2 Å². The van der Waals surface area contributed by atoms with Gasteiger partial charge >= 0.3 is 6.18 Å². The summed E-state index contributed by atoms with van der Waals surface area (Å²) in [5, 5.41) is 2.69. The maximum atomic E-state index is 12.6. The van der Waals surface area contributed by atoms with E-state index < -0.39 is 23.7 Å². The van der Waals surface area contributed by atoms with Gasteiger partial charge in [-0.05, 0) is 31.0 Å². The number of rotatable bonds is 5. The highest BCUT2D eigenvalue weighted by molar-refractivity contribution is 5.93. The number of nitrogens with one attached hydrogen (secondary N) is 2. The molecule has 1 aromatic carbocycles. The molecular weight excluding hydrogens is 347 g/mol. The number of benzene rings is 1. The van der Waals surface area contributed by atoms with Crippen LogP contribution >= 0.6 is 0 Å². The second-order valence-electron chi connectivity index (χ2n) is 5.86. The van der Waals surface area contributed by atoms with Crippen molar-refractivity contribution in [2.24, 2.45) is 0 Å². The molecule has 1 heterocycles. The predicted molar refractivity (Wildman–Crippen MR) is 90.9 cm³/mol. The van der Waals surface area contributed by atoms with Crippen molar-refractivity contribution in [1.29, 1.82) is 0 Å². The van der Waals surface area contributed by atoms with Crippen LogP contribution in [0.4, 0.5) is 13.2 Å². The Kier molecular flexibility index (Phi) is 5.84. The van der Waals surface area contributed by atoms with Crippen LogP contribution < -0.4 is 10.9 Å². The number of hydrogen-bond donors (Lipinski definition) is 2. The molecule has 0 spiro atoms. The SMILES string of the molecule is CCc1nc(C(=O)N[C@H](C)c2ccc(C(F)(F)F)cc2)c(CC)c(=O)[nH]1. The van der Waals surface area contributed by atoms with Crippen molar-refractivity contribution in [1.82, 2.24) is 15.3 Å². The number of hydrogen-bond acceptors (Lipinski definition) is 3. The van der Waals surface area contributed by atoms with E-state index in [0.29, 0.717) is 24.2 Å². The fraction of sp³-hybridized carbons (Fsp3) is 0.389. The largest absolute Gasteiger partial charge is 0.416 e. The van der Waals surface area contributed by atoms with Crippen molar-refractivity contribution >= 4 is 5.91 Å². The minimum Gasteiger partial charge on any atom is -0.344 e. The predicted octanol–water partition coefficient (Wildman–Crippen LogP) is 3.40. The number of carbonyl (C=O) groups is 1. The Labute approximate surface area is 148 Å². The van der Waals surface area contributed by atoms with Gasteiger partial charge in [0.1, 0.15) is 11.5 Å². The lowest BCUT2D eigenvalue weighted by Gasteiger charge is -2.16. The molecule has 2 rings (SSSR count). The van der Waals surface area contributed by atoms with E-state index >= 15 is 0 Å². The smallest absolute Gasteiger partial charge is 0.344 e. The number of alkyl halides is 3. The molecule has 0 bridgehead atoms. The van der Waals surface area contributed by atoms with E-state index in [-0.39, 0.29) is 16.8 Å². The molecule has 0 fully saturated rings. The van der Waals surface area contributed by atoms with Gasteiger partial charge in [0.25, 0.3) is 11.5 Å². The maximum absolute atomic E-state index is 12.6. The molecule has 0 aliphatic carbocycles. The lowest BCUT2D eigenvalue weighted by molar-refractivity contribution is -0.137. The second-order valence-corrected chi connectivity index (χ2v) is 5.86. The molecule has 26 heavy (non-hydrogen) atoms. The summed E-state index contributed by atoms with van der Waals surface area (Å²) in [5.41, 5.74) is -0.264. The summed E-state index contributed by atoms with van der Waals surface area (Å²) in [6.07, 6.45) is -3.61. The molecule has 2 N–H and O–H groups in total. The van der Waals surface area contributed by atoms with Gasteiger partial charge in [0, 0.05) is 12.0 Å². The molecule has 140 valence electrons. The van der Waals surface area contributed by atoms with Gasteiger partial charge in [-0.1, -0.05) is 26.0 Å². The van der Waals surface area contributed by atoms with Crippen LogP contribution in [-0.2, 0) is 19.0 Å². The van der Waals surface area contributed by atoms with Crippen molar-refractivity contribution in [2.75, 3.05) is 0 Å². The molecule has 0 aliphatic heterocycles. The zero-order chi connectivity index (χ0) is 19.5. The van der Waals surface area contributed by atoms with E-state index in [4.69, 9.17) is 0 Å². The van der Waals surface area contributed by atoms with Crippen LogP contribution in [0.5, 0.6) is 0 Å². The summed E-state index contributed by atoms with van der Waals surface area (Å²) < 4.78 is 37.9. The minimum atomic E-state index is -4.41. The van der Waals surface area contributed by atoms with Gasteiger partial charge in [-0.25, -0.2) is 4.98 Å². The highest BCUT2D eigenvalue weighted by Gasteiger charge is 2.30. The monoisotopic (exact) mass is 367 g/mol. The third-order valence-corrected chi connectivity index (χ3v) is 4.05. The summed E-state index contributed by atoms with van der Waals surface area (Å²) in [6.45, 7) is 5.20. The van der Waals surface area contributed by atoms with E-state index in [1.54, 1.807) is 20.8 Å².